The highest BCUT2D eigenvalue weighted by atomic mass is 79.9. The van der Waals surface area contributed by atoms with Crippen LogP contribution in [0.1, 0.15) is 29.8 Å². The van der Waals surface area contributed by atoms with Crippen molar-refractivity contribution >= 4 is 39.5 Å². The number of hydrogen-bond donors (Lipinski definition) is 3. The summed E-state index contributed by atoms with van der Waals surface area (Å²) in [5.41, 5.74) is 1.76. The molecule has 0 bridgehead atoms. The Morgan fingerprint density at radius 3 is 2.36 bits per heavy atom. The lowest BCUT2D eigenvalue weighted by Gasteiger charge is -2.10. The molecular formula is C20H22BrN3O4. The van der Waals surface area contributed by atoms with Crippen molar-refractivity contribution in [2.24, 2.45) is 0 Å². The molecule has 0 atom stereocenters. The summed E-state index contributed by atoms with van der Waals surface area (Å²) < 4.78 is 5.77. The van der Waals surface area contributed by atoms with Gasteiger partial charge in [-0.25, -0.2) is 9.59 Å². The van der Waals surface area contributed by atoms with Crippen molar-refractivity contribution in [2.75, 3.05) is 11.9 Å². The van der Waals surface area contributed by atoms with Crippen LogP contribution in [-0.4, -0.2) is 30.6 Å². The molecule has 8 heteroatoms. The zero-order valence-electron chi connectivity index (χ0n) is 15.6. The van der Waals surface area contributed by atoms with E-state index in [1.165, 1.54) is 0 Å². The fraction of sp³-hybridized carbons (Fsp3) is 0.250. The van der Waals surface area contributed by atoms with E-state index in [4.69, 9.17) is 4.74 Å². The first-order chi connectivity index (χ1) is 13.3. The third kappa shape index (κ3) is 7.03. The molecule has 0 fully saturated rings. The number of carbonyl (C=O) groups is 3. The molecule has 0 spiro atoms. The van der Waals surface area contributed by atoms with E-state index in [1.807, 2.05) is 19.9 Å². The van der Waals surface area contributed by atoms with Crippen molar-refractivity contribution in [1.29, 1.82) is 0 Å². The van der Waals surface area contributed by atoms with Crippen LogP contribution in [0, 0.1) is 0 Å². The smallest absolute Gasteiger partial charge is 0.338 e. The second-order valence-electron chi connectivity index (χ2n) is 6.28. The van der Waals surface area contributed by atoms with E-state index in [-0.39, 0.29) is 12.1 Å². The van der Waals surface area contributed by atoms with Crippen molar-refractivity contribution in [3.63, 3.8) is 0 Å². The minimum atomic E-state index is -0.598. The van der Waals surface area contributed by atoms with E-state index in [1.54, 1.807) is 42.5 Å². The molecule has 3 amide bonds. The summed E-state index contributed by atoms with van der Waals surface area (Å²) in [6.07, 6.45) is 0. The maximum atomic E-state index is 12.1. The van der Waals surface area contributed by atoms with E-state index in [2.05, 4.69) is 31.9 Å². The fourth-order valence-electron chi connectivity index (χ4n) is 2.22. The van der Waals surface area contributed by atoms with Gasteiger partial charge < -0.3 is 20.7 Å². The summed E-state index contributed by atoms with van der Waals surface area (Å²) in [7, 11) is 0. The van der Waals surface area contributed by atoms with Gasteiger partial charge in [0.1, 0.15) is 0 Å². The van der Waals surface area contributed by atoms with Gasteiger partial charge in [-0.15, -0.1) is 0 Å². The third-order valence-corrected chi connectivity index (χ3v) is 4.24. The Morgan fingerprint density at radius 2 is 1.71 bits per heavy atom. The molecule has 2 aromatic carbocycles. The van der Waals surface area contributed by atoms with E-state index >= 15 is 0 Å². The van der Waals surface area contributed by atoms with Gasteiger partial charge in [0.25, 0.3) is 5.91 Å². The SMILES string of the molecule is CC(C)NC(=O)NCc1ccc(C(=O)OCC(=O)Nc2ccccc2Br)cc1. The predicted molar refractivity (Wildman–Crippen MR) is 110 cm³/mol. The molecule has 0 heterocycles. The Labute approximate surface area is 172 Å². The Hall–Kier alpha value is -2.87. The summed E-state index contributed by atoms with van der Waals surface area (Å²) in [6.45, 7) is 3.69. The van der Waals surface area contributed by atoms with Gasteiger partial charge >= 0.3 is 12.0 Å². The molecule has 0 aliphatic carbocycles. The molecule has 0 aromatic heterocycles. The standard InChI is InChI=1S/C20H22BrN3O4/c1-13(2)23-20(27)22-11-14-7-9-15(10-8-14)19(26)28-12-18(25)24-17-6-4-3-5-16(17)21/h3-10,13H,11-12H2,1-2H3,(H,24,25)(H2,22,23,27). The summed E-state index contributed by atoms with van der Waals surface area (Å²) in [4.78, 5) is 35.6. The number of para-hydroxylation sites is 1. The van der Waals surface area contributed by atoms with Gasteiger partial charge in [0.05, 0.1) is 11.3 Å². The Morgan fingerprint density at radius 1 is 1.04 bits per heavy atom. The van der Waals surface area contributed by atoms with Crippen molar-refractivity contribution in [3.8, 4) is 0 Å². The number of benzene rings is 2. The number of nitrogens with one attached hydrogen (secondary N) is 3. The Kier molecular flexibility index (Phi) is 8.01. The van der Waals surface area contributed by atoms with Gasteiger partial charge in [0.15, 0.2) is 6.61 Å². The first kappa shape index (κ1) is 21.4. The second kappa shape index (κ2) is 10.5. The number of carbonyl (C=O) groups excluding carboxylic acids is 3. The molecule has 0 aliphatic heterocycles. The van der Waals surface area contributed by atoms with Gasteiger partial charge in [0.2, 0.25) is 0 Å². The van der Waals surface area contributed by atoms with Crippen molar-refractivity contribution in [2.45, 2.75) is 26.4 Å². The van der Waals surface area contributed by atoms with Gasteiger partial charge in [-0.3, -0.25) is 4.79 Å². The maximum Gasteiger partial charge on any atom is 0.338 e. The minimum Gasteiger partial charge on any atom is -0.452 e. The highest BCUT2D eigenvalue weighted by Crippen LogP contribution is 2.20. The second-order valence-corrected chi connectivity index (χ2v) is 7.14. The summed E-state index contributed by atoms with van der Waals surface area (Å²) in [5, 5.41) is 8.11. The number of esters is 1. The monoisotopic (exact) mass is 447 g/mol. The van der Waals surface area contributed by atoms with Crippen LogP contribution in [0.5, 0.6) is 0 Å². The molecule has 28 heavy (non-hydrogen) atoms. The molecule has 0 saturated carbocycles. The molecule has 7 nitrogen and oxygen atoms in total. The summed E-state index contributed by atoms with van der Waals surface area (Å²) in [5.74, 6) is -1.03. The summed E-state index contributed by atoms with van der Waals surface area (Å²) in [6, 6.07) is 13.6. The number of halogens is 1. The lowest BCUT2D eigenvalue weighted by Crippen LogP contribution is -2.39. The molecule has 2 aromatic rings. The van der Waals surface area contributed by atoms with Crippen LogP contribution in [0.4, 0.5) is 10.5 Å². The molecule has 3 N–H and O–H groups in total. The van der Waals surface area contributed by atoms with Crippen LogP contribution < -0.4 is 16.0 Å². The Bertz CT molecular complexity index is 838. The molecule has 0 unspecified atom stereocenters. The highest BCUT2D eigenvalue weighted by molar-refractivity contribution is 9.10. The maximum absolute atomic E-state index is 12.1. The number of hydrogen-bond acceptors (Lipinski definition) is 4. The largest absolute Gasteiger partial charge is 0.452 e. The number of ether oxygens (including phenoxy) is 1. The summed E-state index contributed by atoms with van der Waals surface area (Å²) >= 11 is 3.33. The predicted octanol–water partition coefficient (Wildman–Crippen LogP) is 3.45. The number of anilines is 1. The van der Waals surface area contributed by atoms with Gasteiger partial charge in [0, 0.05) is 17.1 Å². The van der Waals surface area contributed by atoms with Crippen LogP contribution in [-0.2, 0) is 16.1 Å². The molecule has 2 rings (SSSR count). The van der Waals surface area contributed by atoms with E-state index in [0.29, 0.717) is 17.8 Å². The van der Waals surface area contributed by atoms with Crippen LogP contribution in [0.2, 0.25) is 0 Å². The van der Waals surface area contributed by atoms with Crippen LogP contribution in [0.15, 0.2) is 53.0 Å². The third-order valence-electron chi connectivity index (χ3n) is 3.54. The number of amides is 3. The van der Waals surface area contributed by atoms with E-state index in [9.17, 15) is 14.4 Å². The van der Waals surface area contributed by atoms with Crippen LogP contribution >= 0.6 is 15.9 Å². The molecule has 0 aliphatic rings. The minimum absolute atomic E-state index is 0.0531. The van der Waals surface area contributed by atoms with Crippen LogP contribution in [0.3, 0.4) is 0 Å². The normalized spacial score (nSPS) is 10.3. The molecular weight excluding hydrogens is 426 g/mol. The first-order valence-electron chi connectivity index (χ1n) is 8.70. The van der Waals surface area contributed by atoms with Crippen molar-refractivity contribution in [3.05, 3.63) is 64.1 Å². The van der Waals surface area contributed by atoms with Crippen LogP contribution in [0.25, 0.3) is 0 Å². The van der Waals surface area contributed by atoms with E-state index in [0.717, 1.165) is 10.0 Å². The number of rotatable bonds is 7. The van der Waals surface area contributed by atoms with Crippen molar-refractivity contribution in [1.82, 2.24) is 10.6 Å². The highest BCUT2D eigenvalue weighted by Gasteiger charge is 2.11. The van der Waals surface area contributed by atoms with Gasteiger partial charge in [-0.1, -0.05) is 24.3 Å². The molecule has 148 valence electrons. The van der Waals surface area contributed by atoms with E-state index < -0.39 is 18.5 Å². The van der Waals surface area contributed by atoms with Crippen molar-refractivity contribution < 1.29 is 19.1 Å². The average Bonchev–Trinajstić information content (AvgIpc) is 2.66. The molecule has 0 saturated heterocycles. The molecule has 0 radical (unpaired) electrons. The van der Waals surface area contributed by atoms with Gasteiger partial charge in [-0.05, 0) is 59.6 Å². The first-order valence-corrected chi connectivity index (χ1v) is 9.49. The average molecular weight is 448 g/mol. The topological polar surface area (TPSA) is 96.5 Å². The Balaban J connectivity index is 1.80. The lowest BCUT2D eigenvalue weighted by atomic mass is 10.1. The zero-order valence-corrected chi connectivity index (χ0v) is 17.2. The van der Waals surface area contributed by atoms with Gasteiger partial charge in [-0.2, -0.15) is 0 Å². The lowest BCUT2D eigenvalue weighted by molar-refractivity contribution is -0.119. The fourth-order valence-corrected chi connectivity index (χ4v) is 2.60. The zero-order chi connectivity index (χ0) is 20.5. The quantitative estimate of drug-likeness (QED) is 0.566. The number of urea groups is 1.